The number of ether oxygens (including phenoxy) is 2. The Bertz CT molecular complexity index is 765. The maximum absolute atomic E-state index is 12.9. The lowest BCUT2D eigenvalue weighted by Gasteiger charge is -2.50. The van der Waals surface area contributed by atoms with Crippen molar-refractivity contribution in [3.63, 3.8) is 0 Å². The van der Waals surface area contributed by atoms with Crippen LogP contribution in [0, 0.1) is 5.41 Å². The lowest BCUT2D eigenvalue weighted by molar-refractivity contribution is -0.161. The highest BCUT2D eigenvalue weighted by Gasteiger charge is 2.63. The molecule has 10 heteroatoms. The Balaban J connectivity index is 2.66. The molecular weight excluding hydrogens is 418 g/mol. The SMILES string of the molecule is CO[C@H]1C(=O)N2C(C(=O)C(C)(C)C)=C(COC(C)=O)C(Br)S(=O)(=O)[C@@H]12. The molecule has 2 rings (SSSR count). The number of ketones is 1. The Hall–Kier alpha value is -1.26. The van der Waals surface area contributed by atoms with Crippen molar-refractivity contribution in [1.29, 1.82) is 0 Å². The van der Waals surface area contributed by atoms with Gasteiger partial charge < -0.3 is 9.47 Å². The molecule has 0 aromatic carbocycles. The fraction of sp³-hybridized carbons (Fsp3) is 0.667. The summed E-state index contributed by atoms with van der Waals surface area (Å²) in [7, 11) is -2.67. The molecule has 0 aromatic heterocycles. The van der Waals surface area contributed by atoms with Crippen molar-refractivity contribution >= 4 is 43.4 Å². The lowest BCUT2D eigenvalue weighted by Crippen LogP contribution is -2.72. The van der Waals surface area contributed by atoms with Gasteiger partial charge >= 0.3 is 5.97 Å². The average Bonchev–Trinajstić information content (AvgIpc) is 2.48. The molecule has 2 aliphatic heterocycles. The van der Waals surface area contributed by atoms with Gasteiger partial charge in [-0.2, -0.15) is 0 Å². The van der Waals surface area contributed by atoms with E-state index in [4.69, 9.17) is 9.47 Å². The standard InChI is InChI=1S/C15H20BrNO7S/c1-7(18)24-6-8-9(11(19)15(2,3)4)17-13(20)10(23-5)14(17)25(21,22)12(8)16/h10,12,14H,6H2,1-5H3/t10-,12?,14-/m0/s1. The van der Waals surface area contributed by atoms with E-state index < -0.39 is 55.2 Å². The van der Waals surface area contributed by atoms with Crippen molar-refractivity contribution in [2.45, 2.75) is 43.3 Å². The Morgan fingerprint density at radius 3 is 2.28 bits per heavy atom. The van der Waals surface area contributed by atoms with Gasteiger partial charge in [-0.25, -0.2) is 8.42 Å². The number of methoxy groups -OCH3 is 1. The zero-order valence-corrected chi connectivity index (χ0v) is 16.9. The second-order valence-corrected chi connectivity index (χ2v) is 10.5. The molecule has 1 unspecified atom stereocenters. The van der Waals surface area contributed by atoms with E-state index in [-0.39, 0.29) is 11.3 Å². The van der Waals surface area contributed by atoms with E-state index in [1.54, 1.807) is 20.8 Å². The van der Waals surface area contributed by atoms with Crippen molar-refractivity contribution < 1.29 is 32.3 Å². The molecule has 0 bridgehead atoms. The van der Waals surface area contributed by atoms with E-state index in [0.717, 1.165) is 4.90 Å². The molecule has 0 saturated carbocycles. The average molecular weight is 438 g/mol. The number of sulfone groups is 1. The second kappa shape index (κ2) is 6.48. The van der Waals surface area contributed by atoms with Crippen LogP contribution in [0.1, 0.15) is 27.7 Å². The number of carbonyl (C=O) groups is 3. The van der Waals surface area contributed by atoms with Gasteiger partial charge in [0.05, 0.1) is 5.70 Å². The number of Topliss-reactive ketones (excluding diaryl/α,β-unsaturated/α-hetero) is 1. The highest BCUT2D eigenvalue weighted by molar-refractivity contribution is 9.11. The predicted molar refractivity (Wildman–Crippen MR) is 91.2 cm³/mol. The van der Waals surface area contributed by atoms with Gasteiger partial charge in [-0.3, -0.25) is 19.3 Å². The number of hydrogen-bond acceptors (Lipinski definition) is 7. The van der Waals surface area contributed by atoms with Gasteiger partial charge in [0.2, 0.25) is 0 Å². The number of rotatable bonds is 4. The first kappa shape index (κ1) is 20.1. The van der Waals surface area contributed by atoms with Crippen LogP contribution in [0.4, 0.5) is 0 Å². The molecule has 3 atom stereocenters. The highest BCUT2D eigenvalue weighted by Crippen LogP contribution is 2.45. The van der Waals surface area contributed by atoms with Crippen LogP contribution >= 0.6 is 15.9 Å². The van der Waals surface area contributed by atoms with Crippen LogP contribution in [0.25, 0.3) is 0 Å². The van der Waals surface area contributed by atoms with Gasteiger partial charge in [0.15, 0.2) is 27.1 Å². The lowest BCUT2D eigenvalue weighted by atomic mass is 9.85. The minimum Gasteiger partial charge on any atom is -0.461 e. The highest BCUT2D eigenvalue weighted by atomic mass is 79.9. The molecule has 1 fully saturated rings. The molecular formula is C15H20BrNO7S. The summed E-state index contributed by atoms with van der Waals surface area (Å²) in [4.78, 5) is 37.4. The first-order valence-corrected chi connectivity index (χ1v) is 10.0. The van der Waals surface area contributed by atoms with Gasteiger partial charge in [-0.05, 0) is 0 Å². The summed E-state index contributed by atoms with van der Waals surface area (Å²) >= 11 is 3.10. The summed E-state index contributed by atoms with van der Waals surface area (Å²) in [5.41, 5.74) is -0.879. The van der Waals surface area contributed by atoms with Crippen molar-refractivity contribution in [2.24, 2.45) is 5.41 Å². The summed E-state index contributed by atoms with van der Waals surface area (Å²) in [5, 5.41) is -1.28. The van der Waals surface area contributed by atoms with E-state index in [1.807, 2.05) is 0 Å². The Morgan fingerprint density at radius 2 is 1.84 bits per heavy atom. The summed E-state index contributed by atoms with van der Waals surface area (Å²) in [6, 6.07) is 0. The number of allylic oxidation sites excluding steroid dienone is 1. The van der Waals surface area contributed by atoms with Crippen LogP contribution in [0.3, 0.4) is 0 Å². The summed E-state index contributed by atoms with van der Waals surface area (Å²) in [6.07, 6.45) is -1.16. The number of halogens is 1. The van der Waals surface area contributed by atoms with Gasteiger partial charge in [0.25, 0.3) is 5.91 Å². The molecule has 0 aliphatic carbocycles. The fourth-order valence-corrected chi connectivity index (χ4v) is 5.63. The molecule has 0 radical (unpaired) electrons. The van der Waals surface area contributed by atoms with Gasteiger partial charge in [0, 0.05) is 25.0 Å². The summed E-state index contributed by atoms with van der Waals surface area (Å²) in [5.74, 6) is -1.65. The minimum atomic E-state index is -3.91. The topological polar surface area (TPSA) is 107 Å². The molecule has 25 heavy (non-hydrogen) atoms. The van der Waals surface area contributed by atoms with Crippen molar-refractivity contribution in [3.8, 4) is 0 Å². The van der Waals surface area contributed by atoms with E-state index >= 15 is 0 Å². The molecule has 1 amide bonds. The Morgan fingerprint density at radius 1 is 1.28 bits per heavy atom. The van der Waals surface area contributed by atoms with E-state index in [9.17, 15) is 22.8 Å². The molecule has 0 N–H and O–H groups in total. The number of nitrogens with zero attached hydrogens (tertiary/aromatic N) is 1. The number of esters is 1. The monoisotopic (exact) mass is 437 g/mol. The number of carbonyl (C=O) groups excluding carboxylic acids is 3. The normalized spacial score (nSPS) is 28.3. The van der Waals surface area contributed by atoms with E-state index in [1.165, 1.54) is 14.0 Å². The van der Waals surface area contributed by atoms with Gasteiger partial charge in [0.1, 0.15) is 10.8 Å². The van der Waals surface area contributed by atoms with Crippen LogP contribution in [0.2, 0.25) is 0 Å². The molecule has 2 heterocycles. The zero-order chi connectivity index (χ0) is 19.3. The first-order chi connectivity index (χ1) is 11.4. The van der Waals surface area contributed by atoms with Gasteiger partial charge in [-0.1, -0.05) is 36.7 Å². The smallest absolute Gasteiger partial charge is 0.302 e. The third-order valence-electron chi connectivity index (χ3n) is 4.02. The largest absolute Gasteiger partial charge is 0.461 e. The molecule has 2 aliphatic rings. The first-order valence-electron chi connectivity index (χ1n) is 7.49. The molecule has 0 aromatic rings. The Kier molecular flexibility index (Phi) is 5.20. The fourth-order valence-electron chi connectivity index (χ4n) is 2.72. The number of hydrogen-bond donors (Lipinski definition) is 0. The van der Waals surface area contributed by atoms with Crippen molar-refractivity contribution in [2.75, 3.05) is 13.7 Å². The second-order valence-electron chi connectivity index (χ2n) is 6.89. The number of β-lactam (4-membered cyclic amide) rings is 1. The maximum atomic E-state index is 12.9. The zero-order valence-electron chi connectivity index (χ0n) is 14.5. The maximum Gasteiger partial charge on any atom is 0.302 e. The third kappa shape index (κ3) is 3.15. The van der Waals surface area contributed by atoms with Crippen LogP contribution in [-0.2, 0) is 33.7 Å². The van der Waals surface area contributed by atoms with Crippen LogP contribution in [0.15, 0.2) is 11.3 Å². The molecule has 0 spiro atoms. The predicted octanol–water partition coefficient (Wildman–Crippen LogP) is 0.751. The van der Waals surface area contributed by atoms with Crippen molar-refractivity contribution in [3.05, 3.63) is 11.3 Å². The molecule has 8 nitrogen and oxygen atoms in total. The Labute approximate surface area is 154 Å². The van der Waals surface area contributed by atoms with Crippen LogP contribution < -0.4 is 0 Å². The summed E-state index contributed by atoms with van der Waals surface area (Å²) in [6.45, 7) is 5.74. The number of alkyl halides is 1. The van der Waals surface area contributed by atoms with Crippen LogP contribution in [0.5, 0.6) is 0 Å². The van der Waals surface area contributed by atoms with Gasteiger partial charge in [-0.15, -0.1) is 0 Å². The number of amides is 1. The van der Waals surface area contributed by atoms with Crippen LogP contribution in [-0.4, -0.2) is 60.3 Å². The number of fused-ring (bicyclic) bond motifs is 1. The molecule has 140 valence electrons. The minimum absolute atomic E-state index is 0.0364. The van der Waals surface area contributed by atoms with Crippen molar-refractivity contribution in [1.82, 2.24) is 4.90 Å². The molecule has 1 saturated heterocycles. The third-order valence-corrected chi connectivity index (χ3v) is 8.13. The summed E-state index contributed by atoms with van der Waals surface area (Å²) < 4.78 is 34.2. The van der Waals surface area contributed by atoms with E-state index in [2.05, 4.69) is 15.9 Å². The quantitative estimate of drug-likeness (QED) is 0.362. The van der Waals surface area contributed by atoms with E-state index in [0.29, 0.717) is 0 Å².